The Hall–Kier alpha value is -0.662. The van der Waals surface area contributed by atoms with Gasteiger partial charge in [-0.2, -0.15) is 0 Å². The fraction of sp³-hybridized carbons (Fsp3) is 0.0909. The zero-order valence-corrected chi connectivity index (χ0v) is 24.8. The fourth-order valence-corrected chi connectivity index (χ4v) is 18.5. The number of halogens is 4. The summed E-state index contributed by atoms with van der Waals surface area (Å²) in [5, 5.41) is 0. The molecule has 0 aliphatic rings. The minimum absolute atomic E-state index is 0.591. The molecular weight excluding hydrogens is 770 g/mol. The Morgan fingerprint density at radius 3 is 1.03 bits per heavy atom. The molecule has 3 aromatic carbocycles. The van der Waals surface area contributed by atoms with Gasteiger partial charge < -0.3 is 0 Å². The van der Waals surface area contributed by atoms with Crippen molar-refractivity contribution in [1.82, 2.24) is 0 Å². The molecule has 0 unspecified atom stereocenters. The Balaban J connectivity index is 2.54. The summed E-state index contributed by atoms with van der Waals surface area (Å²) < 4.78 is 13.3. The average Bonchev–Trinajstić information content (AvgIpc) is 2.80. The first kappa shape index (κ1) is 25.0. The van der Waals surface area contributed by atoms with Crippen LogP contribution in [0.5, 0.6) is 0 Å². The Morgan fingerprint density at radius 1 is 0.548 bits per heavy atom. The van der Waals surface area contributed by atoms with E-state index in [9.17, 15) is 9.59 Å². The number of benzene rings is 3. The zero-order valence-electron chi connectivity index (χ0n) is 15.9. The molecule has 0 saturated heterocycles. The number of alkyl halides is 4. The molecule has 0 N–H and O–H groups in total. The van der Waals surface area contributed by atoms with E-state index in [2.05, 4.69) is 63.7 Å². The van der Waals surface area contributed by atoms with Crippen molar-refractivity contribution in [2.75, 3.05) is 0 Å². The normalized spacial score (nSPS) is 12.8. The molecular formula is C22H17Br4O4Sb. The summed E-state index contributed by atoms with van der Waals surface area (Å²) >= 11 is 7.26. The van der Waals surface area contributed by atoms with Crippen LogP contribution in [0.4, 0.5) is 0 Å². The Labute approximate surface area is 216 Å². The SMILES string of the molecule is O=C([O][Sb]([O]C(=O)C(Br)Br)([c]1ccccc1)([c]1ccccc1)[c]1ccccc1)C(Br)Br. The van der Waals surface area contributed by atoms with Gasteiger partial charge in [0.25, 0.3) is 0 Å². The van der Waals surface area contributed by atoms with Gasteiger partial charge in [0.15, 0.2) is 0 Å². The second kappa shape index (κ2) is 10.5. The molecule has 0 atom stereocenters. The summed E-state index contributed by atoms with van der Waals surface area (Å²) in [7, 11) is 0. The van der Waals surface area contributed by atoms with Crippen molar-refractivity contribution in [3.05, 3.63) is 91.0 Å². The van der Waals surface area contributed by atoms with Gasteiger partial charge in [-0.25, -0.2) is 0 Å². The second-order valence-electron chi connectivity index (χ2n) is 6.39. The van der Waals surface area contributed by atoms with Gasteiger partial charge in [0.05, 0.1) is 0 Å². The molecule has 9 heteroatoms. The predicted molar refractivity (Wildman–Crippen MR) is 139 cm³/mol. The Morgan fingerprint density at radius 2 is 0.806 bits per heavy atom. The molecule has 0 spiro atoms. The minimum atomic E-state index is -5.72. The second-order valence-corrected chi connectivity index (χ2v) is 23.4. The van der Waals surface area contributed by atoms with E-state index in [1.165, 1.54) is 0 Å². The van der Waals surface area contributed by atoms with E-state index < -0.39 is 37.6 Å². The molecule has 0 saturated carbocycles. The first-order valence-corrected chi connectivity index (χ1v) is 18.6. The Bertz CT molecular complexity index is 921. The quantitative estimate of drug-likeness (QED) is 0.263. The van der Waals surface area contributed by atoms with E-state index in [0.29, 0.717) is 10.5 Å². The van der Waals surface area contributed by atoms with Gasteiger partial charge in [-0.05, 0) is 0 Å². The fourth-order valence-electron chi connectivity index (χ4n) is 3.30. The molecule has 0 heterocycles. The predicted octanol–water partition coefficient (Wildman–Crippen LogP) is 4.42. The van der Waals surface area contributed by atoms with E-state index in [1.54, 1.807) is 0 Å². The van der Waals surface area contributed by atoms with Crippen LogP contribution in [0.15, 0.2) is 91.0 Å². The number of rotatable bonds is 7. The van der Waals surface area contributed by atoms with E-state index in [-0.39, 0.29) is 0 Å². The number of carbonyl (C=O) groups is 2. The van der Waals surface area contributed by atoms with Crippen molar-refractivity contribution < 1.29 is 15.6 Å². The van der Waals surface area contributed by atoms with Gasteiger partial charge in [-0.1, -0.05) is 0 Å². The van der Waals surface area contributed by atoms with E-state index in [4.69, 9.17) is 6.03 Å². The summed E-state index contributed by atoms with van der Waals surface area (Å²) in [5.74, 6) is -1.18. The molecule has 4 nitrogen and oxygen atoms in total. The molecule has 0 aliphatic heterocycles. The van der Waals surface area contributed by atoms with Crippen molar-refractivity contribution in [3.8, 4) is 0 Å². The van der Waals surface area contributed by atoms with Crippen LogP contribution in [-0.4, -0.2) is 37.6 Å². The molecule has 3 aromatic rings. The third-order valence-corrected chi connectivity index (χ3v) is 19.7. The van der Waals surface area contributed by atoms with Crippen LogP contribution in [0.1, 0.15) is 0 Å². The van der Waals surface area contributed by atoms with Crippen LogP contribution in [0, 0.1) is 0 Å². The molecule has 31 heavy (non-hydrogen) atoms. The molecule has 0 radical (unpaired) electrons. The summed E-state index contributed by atoms with van der Waals surface area (Å²) in [6.45, 7) is 0. The third-order valence-electron chi connectivity index (χ3n) is 4.56. The van der Waals surface area contributed by atoms with Crippen LogP contribution >= 0.6 is 63.7 Å². The van der Waals surface area contributed by atoms with Gasteiger partial charge in [-0.3, -0.25) is 0 Å². The van der Waals surface area contributed by atoms with Crippen molar-refractivity contribution in [1.29, 1.82) is 0 Å². The summed E-state index contributed by atoms with van der Waals surface area (Å²) in [5.41, 5.74) is 0. The van der Waals surface area contributed by atoms with E-state index in [1.807, 2.05) is 91.0 Å². The van der Waals surface area contributed by atoms with Crippen LogP contribution in [-0.2, 0) is 15.6 Å². The first-order chi connectivity index (χ1) is 14.8. The molecule has 0 aromatic heterocycles. The van der Waals surface area contributed by atoms with E-state index >= 15 is 0 Å². The molecule has 3 rings (SSSR count). The third kappa shape index (κ3) is 4.84. The summed E-state index contributed by atoms with van der Waals surface area (Å²) in [6, 6.07) is 27.7. The standard InChI is InChI=1S/3C6H5.2C2H2Br2O2.Sb/c3*1-2-4-6-5-3-1;2*3-1(4)2(5)6;/h3*1-5H;2*1H,(H,5,6);/q;;;;;+2/p-2. The molecule has 0 bridgehead atoms. The summed E-state index contributed by atoms with van der Waals surface area (Å²) in [6.07, 6.45) is 0. The van der Waals surface area contributed by atoms with Crippen molar-refractivity contribution in [2.24, 2.45) is 0 Å². The zero-order chi connectivity index (χ0) is 22.5. The first-order valence-electron chi connectivity index (χ1n) is 9.03. The maximum atomic E-state index is 13.2. The van der Waals surface area contributed by atoms with E-state index in [0.717, 1.165) is 0 Å². The van der Waals surface area contributed by atoms with Crippen molar-refractivity contribution in [3.63, 3.8) is 0 Å². The number of carbonyl (C=O) groups excluding carboxylic acids is 2. The topological polar surface area (TPSA) is 52.6 Å². The van der Waals surface area contributed by atoms with Crippen molar-refractivity contribution in [2.45, 2.75) is 7.47 Å². The van der Waals surface area contributed by atoms with Gasteiger partial charge >= 0.3 is 219 Å². The number of hydrogen-bond donors (Lipinski definition) is 0. The van der Waals surface area contributed by atoms with Crippen LogP contribution in [0.3, 0.4) is 0 Å². The van der Waals surface area contributed by atoms with Gasteiger partial charge in [0.2, 0.25) is 0 Å². The van der Waals surface area contributed by atoms with Gasteiger partial charge in [0, 0.05) is 0 Å². The monoisotopic (exact) mass is 782 g/mol. The van der Waals surface area contributed by atoms with Gasteiger partial charge in [0.1, 0.15) is 0 Å². The van der Waals surface area contributed by atoms with Crippen LogP contribution in [0.25, 0.3) is 0 Å². The van der Waals surface area contributed by atoms with Crippen LogP contribution in [0.2, 0.25) is 0 Å². The average molecular weight is 787 g/mol. The van der Waals surface area contributed by atoms with Gasteiger partial charge in [-0.15, -0.1) is 0 Å². The molecule has 0 amide bonds. The number of hydrogen-bond acceptors (Lipinski definition) is 4. The molecule has 162 valence electrons. The van der Waals surface area contributed by atoms with Crippen LogP contribution < -0.4 is 10.5 Å². The summed E-state index contributed by atoms with van der Waals surface area (Å²) in [4.78, 5) is 26.3. The maximum absolute atomic E-state index is 13.2. The molecule has 0 fully saturated rings. The molecule has 0 aliphatic carbocycles. The Kier molecular flexibility index (Phi) is 8.47. The van der Waals surface area contributed by atoms with Crippen molar-refractivity contribution >= 4 is 104 Å².